The van der Waals surface area contributed by atoms with Gasteiger partial charge in [-0.25, -0.2) is 0 Å². The lowest BCUT2D eigenvalue weighted by molar-refractivity contribution is -0.148. The number of carbonyl (C=O) groups is 2. The van der Waals surface area contributed by atoms with Crippen LogP contribution in [-0.4, -0.2) is 18.5 Å². The van der Waals surface area contributed by atoms with E-state index in [9.17, 15) is 9.59 Å². The molecule has 0 heterocycles. The van der Waals surface area contributed by atoms with Gasteiger partial charge < -0.3 is 10.1 Å². The lowest BCUT2D eigenvalue weighted by Crippen LogP contribution is -2.21. The Hall–Kier alpha value is -1.84. The van der Waals surface area contributed by atoms with E-state index in [0.717, 1.165) is 12.1 Å². The fourth-order valence-electron chi connectivity index (χ4n) is 2.04. The lowest BCUT2D eigenvalue weighted by Gasteiger charge is -2.09. The minimum Gasteiger partial charge on any atom is -0.455 e. The molecular weight excluding hydrogens is 254 g/mol. The number of esters is 1. The monoisotopic (exact) mass is 275 g/mol. The Kier molecular flexibility index (Phi) is 4.42. The summed E-state index contributed by atoms with van der Waals surface area (Å²) >= 11 is 0. The molecule has 0 aliphatic heterocycles. The Labute approximate surface area is 119 Å². The molecule has 0 bridgehead atoms. The van der Waals surface area contributed by atoms with E-state index in [2.05, 4.69) is 19.2 Å². The van der Waals surface area contributed by atoms with Crippen molar-refractivity contribution in [2.45, 2.75) is 33.1 Å². The molecule has 1 amide bonds. The van der Waals surface area contributed by atoms with Crippen LogP contribution in [0.3, 0.4) is 0 Å². The van der Waals surface area contributed by atoms with Gasteiger partial charge >= 0.3 is 5.97 Å². The van der Waals surface area contributed by atoms with Crippen molar-refractivity contribution in [3.8, 4) is 0 Å². The maximum Gasteiger partial charge on any atom is 0.309 e. The van der Waals surface area contributed by atoms with Crippen LogP contribution in [0.1, 0.15) is 38.7 Å². The Morgan fingerprint density at radius 2 is 1.90 bits per heavy atom. The number of hydrogen-bond acceptors (Lipinski definition) is 3. The summed E-state index contributed by atoms with van der Waals surface area (Å²) in [6.45, 7) is 6.02. The van der Waals surface area contributed by atoms with Crippen LogP contribution in [0, 0.1) is 11.8 Å². The highest BCUT2D eigenvalue weighted by Gasteiger charge is 2.40. The van der Waals surface area contributed by atoms with Crippen molar-refractivity contribution in [2.24, 2.45) is 11.8 Å². The third kappa shape index (κ3) is 3.83. The van der Waals surface area contributed by atoms with Crippen molar-refractivity contribution in [1.29, 1.82) is 0 Å². The van der Waals surface area contributed by atoms with Crippen molar-refractivity contribution in [2.75, 3.05) is 11.9 Å². The van der Waals surface area contributed by atoms with Gasteiger partial charge in [-0.15, -0.1) is 0 Å². The van der Waals surface area contributed by atoms with Crippen LogP contribution in [0.15, 0.2) is 24.3 Å². The predicted octanol–water partition coefficient (Wildman–Crippen LogP) is 2.95. The SMILES string of the molecule is CC(C)c1ccc(NC(=O)COC(=O)[C@H]2C[C@@H]2C)cc1. The molecule has 1 aliphatic carbocycles. The van der Waals surface area contributed by atoms with Gasteiger partial charge in [0.1, 0.15) is 0 Å². The summed E-state index contributed by atoms with van der Waals surface area (Å²) in [5.41, 5.74) is 1.94. The first-order valence-electron chi connectivity index (χ1n) is 7.04. The number of nitrogens with one attached hydrogen (secondary N) is 1. The average molecular weight is 275 g/mol. The van der Waals surface area contributed by atoms with Crippen molar-refractivity contribution in [3.05, 3.63) is 29.8 Å². The van der Waals surface area contributed by atoms with E-state index in [1.54, 1.807) is 0 Å². The Bertz CT molecular complexity index is 493. The molecule has 4 heteroatoms. The first-order valence-corrected chi connectivity index (χ1v) is 7.04. The van der Waals surface area contributed by atoms with Crippen molar-refractivity contribution < 1.29 is 14.3 Å². The maximum absolute atomic E-state index is 11.7. The van der Waals surface area contributed by atoms with Crippen LogP contribution < -0.4 is 5.32 Å². The van der Waals surface area contributed by atoms with Crippen LogP contribution in [0.2, 0.25) is 0 Å². The van der Waals surface area contributed by atoms with Gasteiger partial charge in [0.05, 0.1) is 5.92 Å². The summed E-state index contributed by atoms with van der Waals surface area (Å²) in [6.07, 6.45) is 0.872. The number of hydrogen-bond donors (Lipinski definition) is 1. The van der Waals surface area contributed by atoms with Gasteiger partial charge in [-0.3, -0.25) is 9.59 Å². The van der Waals surface area contributed by atoms with Crippen LogP contribution in [-0.2, 0) is 14.3 Å². The molecule has 2 atom stereocenters. The number of ether oxygens (including phenoxy) is 1. The van der Waals surface area contributed by atoms with Crippen LogP contribution in [0.25, 0.3) is 0 Å². The van der Waals surface area contributed by atoms with Gasteiger partial charge in [0.25, 0.3) is 5.91 Å². The first-order chi connectivity index (χ1) is 9.47. The van der Waals surface area contributed by atoms with Crippen LogP contribution in [0.5, 0.6) is 0 Å². The van der Waals surface area contributed by atoms with E-state index in [0.29, 0.717) is 11.8 Å². The summed E-state index contributed by atoms with van der Waals surface area (Å²) < 4.78 is 4.98. The molecule has 0 unspecified atom stereocenters. The van der Waals surface area contributed by atoms with Gasteiger partial charge in [0.2, 0.25) is 0 Å². The number of amides is 1. The van der Waals surface area contributed by atoms with Crippen molar-refractivity contribution >= 4 is 17.6 Å². The highest BCUT2D eigenvalue weighted by molar-refractivity contribution is 5.93. The van der Waals surface area contributed by atoms with E-state index in [1.807, 2.05) is 31.2 Å². The molecule has 108 valence electrons. The molecule has 0 aromatic heterocycles. The van der Waals surface area contributed by atoms with E-state index in [4.69, 9.17) is 4.74 Å². The van der Waals surface area contributed by atoms with E-state index in [-0.39, 0.29) is 24.4 Å². The normalized spacial score (nSPS) is 20.6. The molecule has 1 aromatic carbocycles. The van der Waals surface area contributed by atoms with Gasteiger partial charge in [0.15, 0.2) is 6.61 Å². The topological polar surface area (TPSA) is 55.4 Å². The molecule has 0 saturated heterocycles. The zero-order valence-corrected chi connectivity index (χ0v) is 12.2. The maximum atomic E-state index is 11.7. The smallest absolute Gasteiger partial charge is 0.309 e. The zero-order valence-electron chi connectivity index (χ0n) is 12.2. The first kappa shape index (κ1) is 14.6. The highest BCUT2D eigenvalue weighted by Crippen LogP contribution is 2.38. The summed E-state index contributed by atoms with van der Waals surface area (Å²) in [5, 5.41) is 2.72. The van der Waals surface area contributed by atoms with Crippen LogP contribution >= 0.6 is 0 Å². The molecule has 2 rings (SSSR count). The minimum atomic E-state index is -0.302. The van der Waals surface area contributed by atoms with Crippen molar-refractivity contribution in [3.63, 3.8) is 0 Å². The van der Waals surface area contributed by atoms with Gasteiger partial charge in [-0.2, -0.15) is 0 Å². The quantitative estimate of drug-likeness (QED) is 0.841. The summed E-state index contributed by atoms with van der Waals surface area (Å²) in [6, 6.07) is 7.69. The molecule has 1 saturated carbocycles. The summed E-state index contributed by atoms with van der Waals surface area (Å²) in [5.74, 6) is 0.287. The molecule has 1 aliphatic rings. The van der Waals surface area contributed by atoms with E-state index >= 15 is 0 Å². The number of benzene rings is 1. The molecule has 4 nitrogen and oxygen atoms in total. The fourth-order valence-corrected chi connectivity index (χ4v) is 2.04. The van der Waals surface area contributed by atoms with Crippen LogP contribution in [0.4, 0.5) is 5.69 Å². The predicted molar refractivity (Wildman–Crippen MR) is 77.4 cm³/mol. The summed E-state index contributed by atoms with van der Waals surface area (Å²) in [7, 11) is 0. The molecule has 0 radical (unpaired) electrons. The Morgan fingerprint density at radius 1 is 1.30 bits per heavy atom. The van der Waals surface area contributed by atoms with Crippen molar-refractivity contribution in [1.82, 2.24) is 0 Å². The Morgan fingerprint density at radius 3 is 2.40 bits per heavy atom. The second-order valence-electron chi connectivity index (χ2n) is 5.75. The molecular formula is C16H21NO3. The fraction of sp³-hybridized carbons (Fsp3) is 0.500. The van der Waals surface area contributed by atoms with Gasteiger partial charge in [-0.05, 0) is 36.0 Å². The zero-order chi connectivity index (χ0) is 14.7. The number of rotatable bonds is 5. The number of carbonyl (C=O) groups excluding carboxylic acids is 2. The van der Waals surface area contributed by atoms with E-state index in [1.165, 1.54) is 5.56 Å². The third-order valence-electron chi connectivity index (χ3n) is 3.62. The minimum absolute atomic E-state index is 0.00637. The third-order valence-corrected chi connectivity index (χ3v) is 3.62. The van der Waals surface area contributed by atoms with E-state index < -0.39 is 0 Å². The highest BCUT2D eigenvalue weighted by atomic mass is 16.5. The standard InChI is InChI=1S/C16H21NO3/c1-10(2)12-4-6-13(7-5-12)17-15(18)9-20-16(19)14-8-11(14)3/h4-7,10-11,14H,8-9H2,1-3H3,(H,17,18)/t11-,14-/m0/s1. The molecule has 1 aromatic rings. The largest absolute Gasteiger partial charge is 0.455 e. The number of anilines is 1. The summed E-state index contributed by atoms with van der Waals surface area (Å²) in [4.78, 5) is 23.2. The molecule has 1 fully saturated rings. The Balaban J connectivity index is 1.77. The second kappa shape index (κ2) is 6.07. The molecule has 0 spiro atoms. The van der Waals surface area contributed by atoms with Gasteiger partial charge in [-0.1, -0.05) is 32.9 Å². The van der Waals surface area contributed by atoms with Gasteiger partial charge in [0, 0.05) is 5.69 Å². The second-order valence-corrected chi connectivity index (χ2v) is 5.75. The lowest BCUT2D eigenvalue weighted by atomic mass is 10.0. The molecule has 1 N–H and O–H groups in total. The molecule has 20 heavy (non-hydrogen) atoms. The average Bonchev–Trinajstić information content (AvgIpc) is 3.14.